The van der Waals surface area contributed by atoms with Gasteiger partial charge in [0.25, 0.3) is 0 Å². The Morgan fingerprint density at radius 3 is 2.54 bits per heavy atom. The number of ether oxygens (including phenoxy) is 2. The highest BCUT2D eigenvalue weighted by molar-refractivity contribution is 7.89. The molecule has 1 amide bonds. The van der Waals surface area contributed by atoms with Gasteiger partial charge in [0.15, 0.2) is 0 Å². The quantitative estimate of drug-likeness (QED) is 0.365. The zero-order valence-electron chi connectivity index (χ0n) is 20.7. The van der Waals surface area contributed by atoms with Gasteiger partial charge in [0.2, 0.25) is 15.9 Å². The smallest absolute Gasteiger partial charge is 0.243 e. The van der Waals surface area contributed by atoms with Crippen LogP contribution in [0.25, 0.3) is 0 Å². The lowest BCUT2D eigenvalue weighted by Gasteiger charge is -2.37. The molecule has 2 aliphatic rings. The number of methoxy groups -OCH3 is 1. The van der Waals surface area contributed by atoms with Crippen molar-refractivity contribution in [1.82, 2.24) is 9.21 Å². The molecule has 1 aliphatic heterocycles. The number of carbonyl (C=O) groups excluding carboxylic acids is 1. The number of halogens is 1. The minimum absolute atomic E-state index is 0.157. The molecule has 2 heterocycles. The molecule has 2 aromatic carbocycles. The molecule has 0 spiro atoms. The second-order valence-corrected chi connectivity index (χ2v) is 12.6. The number of aryl methyl sites for hydroxylation is 1. The molecular weight excluding hydrogens is 532 g/mol. The molecule has 0 saturated heterocycles. The largest absolute Gasteiger partial charge is 0.497 e. The normalized spacial score (nSPS) is 17.5. The number of sulfonamides is 1. The summed E-state index contributed by atoms with van der Waals surface area (Å²) in [5, 5.41) is 2.70. The van der Waals surface area contributed by atoms with Gasteiger partial charge in [0.05, 0.1) is 24.6 Å². The fraction of sp³-hybridized carbons (Fsp3) is 0.370. The third kappa shape index (κ3) is 5.50. The summed E-state index contributed by atoms with van der Waals surface area (Å²) in [4.78, 5) is 16.9. The Balaban J connectivity index is 1.36. The summed E-state index contributed by atoms with van der Waals surface area (Å²) in [6.45, 7) is 2.50. The summed E-state index contributed by atoms with van der Waals surface area (Å²) in [5.41, 5.74) is 1.97. The van der Waals surface area contributed by atoms with Crippen molar-refractivity contribution in [2.24, 2.45) is 0 Å². The van der Waals surface area contributed by atoms with Gasteiger partial charge in [-0.15, -0.1) is 11.3 Å². The number of nitrogens with zero attached hydrogens (tertiary/aromatic N) is 2. The molecule has 1 saturated carbocycles. The van der Waals surface area contributed by atoms with E-state index in [1.807, 2.05) is 30.5 Å². The van der Waals surface area contributed by atoms with E-state index < -0.39 is 10.0 Å². The number of amides is 1. The predicted molar refractivity (Wildman–Crippen MR) is 144 cm³/mol. The SMILES string of the molecule is COc1ccc(S(=O)(=O)N(CC(=O)N2CCc3sccc3C2COc2ccc(Cl)c(C)c2)C2CC2)cc1. The van der Waals surface area contributed by atoms with Crippen LogP contribution in [-0.2, 0) is 21.2 Å². The lowest BCUT2D eigenvalue weighted by atomic mass is 10.0. The molecule has 10 heteroatoms. The Hall–Kier alpha value is -2.59. The van der Waals surface area contributed by atoms with E-state index >= 15 is 0 Å². The van der Waals surface area contributed by atoms with Crippen molar-refractivity contribution in [1.29, 1.82) is 0 Å². The van der Waals surface area contributed by atoms with E-state index in [0.717, 1.165) is 30.4 Å². The lowest BCUT2D eigenvalue weighted by Crippen LogP contribution is -2.48. The third-order valence-corrected chi connectivity index (χ3v) is 10.2. The van der Waals surface area contributed by atoms with Crippen molar-refractivity contribution in [2.75, 3.05) is 26.8 Å². The van der Waals surface area contributed by atoms with Gasteiger partial charge < -0.3 is 14.4 Å². The number of thiophene rings is 1. The minimum atomic E-state index is -3.84. The van der Waals surface area contributed by atoms with Gasteiger partial charge >= 0.3 is 0 Å². The minimum Gasteiger partial charge on any atom is -0.497 e. The van der Waals surface area contributed by atoms with Crippen molar-refractivity contribution in [3.63, 3.8) is 0 Å². The Morgan fingerprint density at radius 2 is 1.86 bits per heavy atom. The molecule has 1 fully saturated rings. The number of fused-ring (bicyclic) bond motifs is 1. The molecule has 7 nitrogen and oxygen atoms in total. The second-order valence-electron chi connectivity index (χ2n) is 9.33. The molecular formula is C27H29ClN2O5S2. The molecule has 1 atom stereocenters. The Kier molecular flexibility index (Phi) is 7.49. The zero-order valence-corrected chi connectivity index (χ0v) is 23.1. The number of benzene rings is 2. The van der Waals surface area contributed by atoms with Gasteiger partial charge in [-0.1, -0.05) is 11.6 Å². The van der Waals surface area contributed by atoms with Crippen LogP contribution in [0, 0.1) is 6.92 Å². The number of hydrogen-bond donors (Lipinski definition) is 0. The molecule has 1 aromatic heterocycles. The first kappa shape index (κ1) is 26.0. The highest BCUT2D eigenvalue weighted by Crippen LogP contribution is 2.36. The molecule has 37 heavy (non-hydrogen) atoms. The fourth-order valence-corrected chi connectivity index (χ4v) is 7.32. The molecule has 0 radical (unpaired) electrons. The van der Waals surface area contributed by atoms with Crippen LogP contribution in [-0.4, -0.2) is 56.4 Å². The molecule has 0 N–H and O–H groups in total. The van der Waals surface area contributed by atoms with E-state index in [4.69, 9.17) is 21.1 Å². The first-order chi connectivity index (χ1) is 17.8. The van der Waals surface area contributed by atoms with E-state index in [9.17, 15) is 13.2 Å². The van der Waals surface area contributed by atoms with Crippen molar-refractivity contribution in [2.45, 2.75) is 43.2 Å². The Labute approximate surface area is 226 Å². The molecule has 196 valence electrons. The van der Waals surface area contributed by atoms with Crippen molar-refractivity contribution in [3.05, 3.63) is 74.9 Å². The van der Waals surface area contributed by atoms with E-state index in [-0.39, 0.29) is 36.0 Å². The van der Waals surface area contributed by atoms with Crippen LogP contribution in [0.3, 0.4) is 0 Å². The molecule has 1 unspecified atom stereocenters. The summed E-state index contributed by atoms with van der Waals surface area (Å²) in [6, 6.07) is 13.3. The molecule has 0 bridgehead atoms. The zero-order chi connectivity index (χ0) is 26.2. The molecule has 3 aromatic rings. The maximum absolute atomic E-state index is 13.7. The van der Waals surface area contributed by atoms with Crippen molar-refractivity contribution >= 4 is 38.9 Å². The van der Waals surface area contributed by atoms with Crippen LogP contribution in [0.2, 0.25) is 5.02 Å². The third-order valence-electron chi connectivity index (χ3n) is 6.86. The van der Waals surface area contributed by atoms with E-state index in [2.05, 4.69) is 0 Å². The molecule has 5 rings (SSSR count). The van der Waals surface area contributed by atoms with E-state index in [1.54, 1.807) is 34.4 Å². The van der Waals surface area contributed by atoms with Crippen molar-refractivity contribution in [3.8, 4) is 11.5 Å². The number of hydrogen-bond acceptors (Lipinski definition) is 6. The lowest BCUT2D eigenvalue weighted by molar-refractivity contribution is -0.135. The topological polar surface area (TPSA) is 76.2 Å². The standard InChI is InChI=1S/C27H29ClN2O5S2/c1-18-15-21(7-10-24(18)28)35-17-25-23-12-14-36-26(23)11-13-29(25)27(31)16-30(19-3-4-19)37(32,33)22-8-5-20(34-2)6-9-22/h5-10,12,14-15,19,25H,3-4,11,13,16-17H2,1-2H3. The molecule has 1 aliphatic carbocycles. The summed E-state index contributed by atoms with van der Waals surface area (Å²) >= 11 is 7.83. The summed E-state index contributed by atoms with van der Waals surface area (Å²) in [5.74, 6) is 1.03. The Bertz CT molecular complexity index is 1390. The van der Waals surface area contributed by atoms with Gasteiger partial charge in [0.1, 0.15) is 18.1 Å². The van der Waals surface area contributed by atoms with Crippen LogP contribution in [0.5, 0.6) is 11.5 Å². The van der Waals surface area contributed by atoms with Crippen LogP contribution >= 0.6 is 22.9 Å². The van der Waals surface area contributed by atoms with E-state index in [1.165, 1.54) is 28.4 Å². The maximum Gasteiger partial charge on any atom is 0.243 e. The predicted octanol–water partition coefficient (Wildman–Crippen LogP) is 5.08. The van der Waals surface area contributed by atoms with Crippen molar-refractivity contribution < 1.29 is 22.7 Å². The van der Waals surface area contributed by atoms with Crippen LogP contribution < -0.4 is 9.47 Å². The van der Waals surface area contributed by atoms with Crippen LogP contribution in [0.15, 0.2) is 58.8 Å². The first-order valence-corrected chi connectivity index (χ1v) is 14.9. The van der Waals surface area contributed by atoms with Gasteiger partial charge in [-0.3, -0.25) is 4.79 Å². The number of rotatable bonds is 9. The fourth-order valence-electron chi connectivity index (χ4n) is 4.64. The number of carbonyl (C=O) groups is 1. The van der Waals surface area contributed by atoms with Crippen LogP contribution in [0.4, 0.5) is 0 Å². The average molecular weight is 561 g/mol. The highest BCUT2D eigenvalue weighted by Gasteiger charge is 2.41. The Morgan fingerprint density at radius 1 is 1.14 bits per heavy atom. The summed E-state index contributed by atoms with van der Waals surface area (Å²) < 4.78 is 39.7. The summed E-state index contributed by atoms with van der Waals surface area (Å²) in [6.07, 6.45) is 2.24. The van der Waals surface area contributed by atoms with Gasteiger partial charge in [-0.25, -0.2) is 8.42 Å². The van der Waals surface area contributed by atoms with Crippen LogP contribution in [0.1, 0.15) is 34.9 Å². The van der Waals surface area contributed by atoms with Gasteiger partial charge in [-0.2, -0.15) is 4.31 Å². The van der Waals surface area contributed by atoms with E-state index in [0.29, 0.717) is 23.1 Å². The highest BCUT2D eigenvalue weighted by atomic mass is 35.5. The van der Waals surface area contributed by atoms with Gasteiger partial charge in [0, 0.05) is 22.5 Å². The average Bonchev–Trinajstić information content (AvgIpc) is 3.62. The first-order valence-electron chi connectivity index (χ1n) is 12.2. The summed E-state index contributed by atoms with van der Waals surface area (Å²) in [7, 11) is -2.31. The van der Waals surface area contributed by atoms with Gasteiger partial charge in [-0.05, 0) is 91.2 Å². The second kappa shape index (κ2) is 10.6. The monoisotopic (exact) mass is 560 g/mol. The maximum atomic E-state index is 13.7.